The number of carbonyl (C=O) groups is 3. The molecule has 2 aromatic rings. The fraction of sp³-hybridized carbons (Fsp3) is 0.520. The third kappa shape index (κ3) is 5.26. The van der Waals surface area contributed by atoms with Crippen LogP contribution >= 0.6 is 0 Å². The zero-order valence-corrected chi connectivity index (χ0v) is 19.6. The molecule has 1 aliphatic rings. The van der Waals surface area contributed by atoms with Crippen molar-refractivity contribution < 1.29 is 19.1 Å². The minimum Gasteiger partial charge on any atom is -0.462 e. The third-order valence-electron chi connectivity index (χ3n) is 6.18. The Hall–Kier alpha value is -2.96. The average Bonchev–Trinajstić information content (AvgIpc) is 3.17. The average molecular weight is 440 g/mol. The van der Waals surface area contributed by atoms with E-state index >= 15 is 0 Å². The second-order valence-electron chi connectivity index (χ2n) is 9.23. The molecule has 1 fully saturated rings. The Labute approximate surface area is 189 Å². The van der Waals surface area contributed by atoms with Gasteiger partial charge in [-0.3, -0.25) is 9.59 Å². The first-order valence-corrected chi connectivity index (χ1v) is 11.3. The Morgan fingerprint density at radius 1 is 1.12 bits per heavy atom. The van der Waals surface area contributed by atoms with E-state index in [9.17, 15) is 14.4 Å². The molecule has 1 aromatic heterocycles. The molecule has 0 unspecified atom stereocenters. The number of nitrogens with one attached hydrogen (secondary N) is 1. The Morgan fingerprint density at radius 3 is 2.31 bits per heavy atom. The number of anilines is 1. The number of aromatic nitrogens is 2. The molecule has 0 atom stereocenters. The topological polar surface area (TPSA) is 90.3 Å². The number of ether oxygens (including phenoxy) is 1. The van der Waals surface area contributed by atoms with Crippen LogP contribution in [0.25, 0.3) is 5.69 Å². The molecule has 7 heteroatoms. The molecule has 32 heavy (non-hydrogen) atoms. The molecule has 1 saturated carbocycles. The van der Waals surface area contributed by atoms with E-state index < -0.39 is 11.5 Å². The van der Waals surface area contributed by atoms with Crippen LogP contribution < -0.4 is 5.32 Å². The molecule has 1 heterocycles. The lowest BCUT2D eigenvalue weighted by atomic mass is 9.76. The van der Waals surface area contributed by atoms with Crippen molar-refractivity contribution in [3.63, 3.8) is 0 Å². The number of esters is 1. The SMILES string of the molecule is CCOC(=O)c1cn(-c2ccc(C(C)=O)cc2)nc1NC(C)(C)C(=O)C1CCC(C)CC1. The number of carbonyl (C=O) groups excluding carboxylic acids is 3. The monoisotopic (exact) mass is 439 g/mol. The van der Waals surface area contributed by atoms with E-state index in [2.05, 4.69) is 17.3 Å². The van der Waals surface area contributed by atoms with Gasteiger partial charge in [0.15, 0.2) is 17.4 Å². The predicted octanol–water partition coefficient (Wildman–Crippen LogP) is 4.84. The summed E-state index contributed by atoms with van der Waals surface area (Å²) in [5.74, 6) is 0.595. The zero-order chi connectivity index (χ0) is 23.5. The molecule has 1 aromatic carbocycles. The number of rotatable bonds is 8. The fourth-order valence-corrected chi connectivity index (χ4v) is 4.20. The number of benzene rings is 1. The second-order valence-corrected chi connectivity index (χ2v) is 9.23. The first-order valence-electron chi connectivity index (χ1n) is 11.3. The van der Waals surface area contributed by atoms with Crippen molar-refractivity contribution in [3.8, 4) is 5.69 Å². The molecule has 0 amide bonds. The molecular formula is C25H33N3O4. The van der Waals surface area contributed by atoms with Gasteiger partial charge in [-0.15, -0.1) is 5.10 Å². The van der Waals surface area contributed by atoms with Gasteiger partial charge in [-0.2, -0.15) is 0 Å². The van der Waals surface area contributed by atoms with E-state index in [0.717, 1.165) is 25.7 Å². The van der Waals surface area contributed by atoms with Gasteiger partial charge < -0.3 is 10.1 Å². The second kappa shape index (κ2) is 9.67. The summed E-state index contributed by atoms with van der Waals surface area (Å²) in [5, 5.41) is 7.77. The Kier molecular flexibility index (Phi) is 7.16. The van der Waals surface area contributed by atoms with Crippen LogP contribution in [0.1, 0.15) is 81.0 Å². The standard InChI is InChI=1S/C25H33N3O4/c1-6-32-24(31)21-15-28(20-13-11-18(12-14-20)17(3)29)27-23(21)26-25(4,5)22(30)19-9-7-16(2)8-10-19/h11-16,19H,6-10H2,1-5H3,(H,26,27). The summed E-state index contributed by atoms with van der Waals surface area (Å²) in [5.41, 5.74) is 0.669. The van der Waals surface area contributed by atoms with Gasteiger partial charge in [0.05, 0.1) is 17.8 Å². The van der Waals surface area contributed by atoms with E-state index in [4.69, 9.17) is 4.74 Å². The van der Waals surface area contributed by atoms with Crippen molar-refractivity contribution in [3.05, 3.63) is 41.6 Å². The van der Waals surface area contributed by atoms with Crippen molar-refractivity contribution in [1.82, 2.24) is 9.78 Å². The maximum absolute atomic E-state index is 13.3. The lowest BCUT2D eigenvalue weighted by Gasteiger charge is -2.33. The molecule has 0 radical (unpaired) electrons. The molecule has 1 aliphatic carbocycles. The van der Waals surface area contributed by atoms with E-state index in [1.54, 1.807) is 42.1 Å². The molecule has 0 saturated heterocycles. The van der Waals surface area contributed by atoms with Gasteiger partial charge in [0.25, 0.3) is 0 Å². The van der Waals surface area contributed by atoms with E-state index in [-0.39, 0.29) is 29.7 Å². The van der Waals surface area contributed by atoms with Gasteiger partial charge in [-0.25, -0.2) is 9.48 Å². The summed E-state index contributed by atoms with van der Waals surface area (Å²) in [4.78, 5) is 37.4. The van der Waals surface area contributed by atoms with Crippen LogP contribution in [0.3, 0.4) is 0 Å². The van der Waals surface area contributed by atoms with Gasteiger partial charge in [-0.05, 0) is 70.7 Å². The number of Topliss-reactive ketones (excluding diaryl/α,β-unsaturated/α-hetero) is 2. The molecule has 1 N–H and O–H groups in total. The number of hydrogen-bond acceptors (Lipinski definition) is 6. The summed E-state index contributed by atoms with van der Waals surface area (Å²) in [6.07, 6.45) is 5.50. The first-order chi connectivity index (χ1) is 15.1. The first kappa shape index (κ1) is 23.7. The lowest BCUT2D eigenvalue weighted by Crippen LogP contribution is -2.45. The summed E-state index contributed by atoms with van der Waals surface area (Å²) in [6.45, 7) is 9.39. The normalized spacial score (nSPS) is 18.8. The van der Waals surface area contributed by atoms with Crippen LogP contribution in [-0.4, -0.2) is 39.5 Å². The highest BCUT2D eigenvalue weighted by Gasteiger charge is 2.36. The summed E-state index contributed by atoms with van der Waals surface area (Å²) >= 11 is 0. The number of hydrogen-bond donors (Lipinski definition) is 1. The van der Waals surface area contributed by atoms with Gasteiger partial charge in [-0.1, -0.05) is 19.8 Å². The number of nitrogens with zero attached hydrogens (tertiary/aromatic N) is 2. The van der Waals surface area contributed by atoms with E-state index in [1.165, 1.54) is 6.92 Å². The predicted molar refractivity (Wildman–Crippen MR) is 123 cm³/mol. The smallest absolute Gasteiger partial charge is 0.343 e. The van der Waals surface area contributed by atoms with Gasteiger partial charge >= 0.3 is 5.97 Å². The van der Waals surface area contributed by atoms with E-state index in [1.807, 2.05) is 13.8 Å². The van der Waals surface area contributed by atoms with Crippen molar-refractivity contribution in [2.45, 2.75) is 65.8 Å². The summed E-state index contributed by atoms with van der Waals surface area (Å²) in [6, 6.07) is 6.96. The highest BCUT2D eigenvalue weighted by molar-refractivity contribution is 5.97. The molecular weight excluding hydrogens is 406 g/mol. The van der Waals surface area contributed by atoms with Gasteiger partial charge in [0.1, 0.15) is 5.56 Å². The van der Waals surface area contributed by atoms with Crippen LogP contribution in [0.15, 0.2) is 30.5 Å². The van der Waals surface area contributed by atoms with Gasteiger partial charge in [0.2, 0.25) is 0 Å². The Bertz CT molecular complexity index is 983. The highest BCUT2D eigenvalue weighted by Crippen LogP contribution is 2.33. The number of ketones is 2. The molecule has 0 aliphatic heterocycles. The Balaban J connectivity index is 1.89. The minimum absolute atomic E-state index is 0.0148. The molecule has 3 rings (SSSR count). The third-order valence-corrected chi connectivity index (χ3v) is 6.18. The molecule has 172 valence electrons. The minimum atomic E-state index is -0.885. The molecule has 0 bridgehead atoms. The molecule has 0 spiro atoms. The van der Waals surface area contributed by atoms with E-state index in [0.29, 0.717) is 23.0 Å². The van der Waals surface area contributed by atoms with Gasteiger partial charge in [0, 0.05) is 17.7 Å². The van der Waals surface area contributed by atoms with Crippen molar-refractivity contribution >= 4 is 23.4 Å². The van der Waals surface area contributed by atoms with Crippen LogP contribution in [0, 0.1) is 11.8 Å². The maximum Gasteiger partial charge on any atom is 0.343 e. The van der Waals surface area contributed by atoms with Crippen molar-refractivity contribution in [2.24, 2.45) is 11.8 Å². The van der Waals surface area contributed by atoms with Crippen LogP contribution in [0.2, 0.25) is 0 Å². The summed E-state index contributed by atoms with van der Waals surface area (Å²) < 4.78 is 6.77. The van der Waals surface area contributed by atoms with Crippen LogP contribution in [0.4, 0.5) is 5.82 Å². The lowest BCUT2D eigenvalue weighted by molar-refractivity contribution is -0.127. The quantitative estimate of drug-likeness (QED) is 0.468. The van der Waals surface area contributed by atoms with Crippen LogP contribution in [-0.2, 0) is 9.53 Å². The Morgan fingerprint density at radius 2 is 1.75 bits per heavy atom. The summed E-state index contributed by atoms with van der Waals surface area (Å²) in [7, 11) is 0. The fourth-order valence-electron chi connectivity index (χ4n) is 4.20. The largest absolute Gasteiger partial charge is 0.462 e. The van der Waals surface area contributed by atoms with Crippen LogP contribution in [0.5, 0.6) is 0 Å². The maximum atomic E-state index is 13.3. The highest BCUT2D eigenvalue weighted by atomic mass is 16.5. The zero-order valence-electron chi connectivity index (χ0n) is 19.6. The molecule has 7 nitrogen and oxygen atoms in total. The van der Waals surface area contributed by atoms with Crippen molar-refractivity contribution in [2.75, 3.05) is 11.9 Å². The van der Waals surface area contributed by atoms with Crippen molar-refractivity contribution in [1.29, 1.82) is 0 Å².